The van der Waals surface area contributed by atoms with Gasteiger partial charge in [0.2, 0.25) is 0 Å². The van der Waals surface area contributed by atoms with Gasteiger partial charge in [0.05, 0.1) is 0 Å². The summed E-state index contributed by atoms with van der Waals surface area (Å²) in [5, 5.41) is 0. The number of halogens is 2. The van der Waals surface area contributed by atoms with Crippen LogP contribution >= 0.6 is 52.8 Å². The molecule has 0 rings (SSSR count). The average Bonchev–Trinajstić information content (AvgIpc) is 2.00. The number of hydrogen-bond donors (Lipinski definition) is 0. The monoisotopic (exact) mass is 582 g/mol. The molecular formula is C6H15I2N3OPSm-. The fourth-order valence-corrected chi connectivity index (χ4v) is 4.67. The quantitative estimate of drug-likeness (QED) is 0.221. The van der Waals surface area contributed by atoms with E-state index in [9.17, 15) is 4.57 Å². The van der Waals surface area contributed by atoms with Gasteiger partial charge >= 0.3 is 0 Å². The molecule has 0 aliphatic heterocycles. The molecule has 0 aliphatic carbocycles. The Balaban J connectivity index is 0. The first kappa shape index (κ1) is 19.3. The molecule has 0 atom stereocenters. The average molecular weight is 580 g/mol. The Bertz CT molecular complexity index is 203. The first-order valence-corrected chi connectivity index (χ1v) is 7.34. The number of rotatable bonds is 4. The van der Waals surface area contributed by atoms with E-state index < -0.39 is 7.59 Å². The molecule has 0 aliphatic rings. The van der Waals surface area contributed by atoms with Gasteiger partial charge in [0.15, 0.2) is 0 Å². The standard InChI is InChI=1S/C6H15I2N3OP.Sm/c1-9(2)13(12,10(3)4)11(5)6(7)8;/h1-5H3;/q-1;. The molecule has 0 spiro atoms. The Morgan fingerprint density at radius 3 is 1.36 bits per heavy atom. The molecule has 4 nitrogen and oxygen atoms in total. The molecule has 0 amide bonds. The third-order valence-electron chi connectivity index (χ3n) is 1.68. The third-order valence-corrected chi connectivity index (χ3v) is 6.95. The summed E-state index contributed by atoms with van der Waals surface area (Å²) < 4.78 is 18.8. The van der Waals surface area contributed by atoms with Crippen LogP contribution in [-0.4, -0.2) is 49.2 Å². The van der Waals surface area contributed by atoms with E-state index in [1.165, 1.54) is 0 Å². The molecule has 0 unspecified atom stereocenters. The molecule has 0 saturated carbocycles. The molecule has 0 bridgehead atoms. The van der Waals surface area contributed by atoms with Crippen LogP contribution in [0.2, 0.25) is 0 Å². The Kier molecular flexibility index (Phi) is 11.1. The van der Waals surface area contributed by atoms with Crippen LogP contribution in [0.3, 0.4) is 0 Å². The van der Waals surface area contributed by atoms with E-state index in [-0.39, 0.29) is 40.4 Å². The van der Waals surface area contributed by atoms with Gasteiger partial charge in [-0.05, 0) is 35.2 Å². The second-order valence-electron chi connectivity index (χ2n) is 2.97. The van der Waals surface area contributed by atoms with Crippen LogP contribution in [0.1, 0.15) is 0 Å². The molecular weight excluding hydrogens is 565 g/mol. The van der Waals surface area contributed by atoms with Gasteiger partial charge in [0.1, 0.15) is 0 Å². The fraction of sp³-hybridized carbons (Fsp3) is 0.833. The largest absolute Gasteiger partial charge is 0.361 e. The van der Waals surface area contributed by atoms with Gasteiger partial charge in [-0.2, -0.15) is 0 Å². The van der Waals surface area contributed by atoms with Crippen molar-refractivity contribution in [3.8, 4) is 0 Å². The summed E-state index contributed by atoms with van der Waals surface area (Å²) in [5.74, 6) is 0. The molecule has 0 N–H and O–H groups in total. The SMILES string of the molecule is CN(C)P(=O)(N(C)C)N(C)[C-](I)I.[Sm]. The molecule has 14 heavy (non-hydrogen) atoms. The maximum Gasteiger partial charge on any atom is 0.258 e. The van der Waals surface area contributed by atoms with Crippen LogP contribution in [-0.2, 0) is 4.57 Å². The zero-order valence-corrected chi connectivity index (χ0v) is 16.7. The minimum absolute atomic E-state index is 0. The third kappa shape index (κ3) is 4.65. The second kappa shape index (κ2) is 8.09. The summed E-state index contributed by atoms with van der Waals surface area (Å²) in [7, 11) is 6.59. The van der Waals surface area contributed by atoms with Crippen LogP contribution in [0.5, 0.6) is 0 Å². The van der Waals surface area contributed by atoms with Crippen LogP contribution in [0, 0.1) is 42.4 Å². The van der Waals surface area contributed by atoms with E-state index in [2.05, 4.69) is 45.2 Å². The molecule has 8 heteroatoms. The molecule has 0 heterocycles. The van der Waals surface area contributed by atoms with Gasteiger partial charge in [-0.3, -0.25) is 49.7 Å². The topological polar surface area (TPSA) is 26.8 Å². The predicted molar refractivity (Wildman–Crippen MR) is 74.0 cm³/mol. The molecule has 0 saturated heterocycles. The first-order chi connectivity index (χ1) is 5.74. The maximum atomic E-state index is 12.5. The van der Waals surface area contributed by atoms with Gasteiger partial charge in [-0.15, -0.1) is 2.06 Å². The van der Waals surface area contributed by atoms with E-state index in [0.29, 0.717) is 0 Å². The molecule has 0 fully saturated rings. The minimum atomic E-state index is -2.56. The van der Waals surface area contributed by atoms with Gasteiger partial charge in [-0.25, -0.2) is 9.34 Å². The predicted octanol–water partition coefficient (Wildman–Crippen LogP) is 2.47. The Morgan fingerprint density at radius 1 is 1.00 bits per heavy atom. The van der Waals surface area contributed by atoms with E-state index in [1.807, 2.05) is 35.2 Å². The second-order valence-corrected chi connectivity index (χ2v) is 10.3. The fourth-order valence-electron chi connectivity index (χ4n) is 0.993. The Morgan fingerprint density at radius 2 is 1.29 bits per heavy atom. The van der Waals surface area contributed by atoms with E-state index in [4.69, 9.17) is 0 Å². The normalized spacial score (nSPS) is 12.8. The van der Waals surface area contributed by atoms with E-state index >= 15 is 0 Å². The van der Waals surface area contributed by atoms with E-state index in [0.717, 1.165) is 2.06 Å². The van der Waals surface area contributed by atoms with Gasteiger partial charge in [0, 0.05) is 40.4 Å². The molecule has 86 valence electrons. The van der Waals surface area contributed by atoms with Crippen LogP contribution in [0.4, 0.5) is 0 Å². The molecule has 0 aromatic heterocycles. The summed E-state index contributed by atoms with van der Waals surface area (Å²) in [4.78, 5) is 0. The van der Waals surface area contributed by atoms with Gasteiger partial charge in [0.25, 0.3) is 7.59 Å². The molecule has 0 radical (unpaired) electrons. The molecule has 0 aromatic rings. The number of hydrogen-bond acceptors (Lipinski definition) is 1. The summed E-state index contributed by atoms with van der Waals surface area (Å²) in [6.45, 7) is 0. The maximum absolute atomic E-state index is 12.5. The summed E-state index contributed by atoms with van der Waals surface area (Å²) >= 11 is 4.33. The van der Waals surface area contributed by atoms with Gasteiger partial charge in [-0.1, -0.05) is 0 Å². The number of nitrogens with zero attached hydrogens (tertiary/aromatic N) is 3. The molecule has 0 aromatic carbocycles. The zero-order valence-electron chi connectivity index (χ0n) is 8.86. The van der Waals surface area contributed by atoms with Gasteiger partial charge < -0.3 is 4.67 Å². The summed E-state index contributed by atoms with van der Waals surface area (Å²) in [6.07, 6.45) is 0. The van der Waals surface area contributed by atoms with Crippen LogP contribution in [0.15, 0.2) is 0 Å². The summed E-state index contributed by atoms with van der Waals surface area (Å²) in [5.41, 5.74) is 0. The van der Waals surface area contributed by atoms with Crippen molar-refractivity contribution in [3.05, 3.63) is 2.06 Å². The summed E-state index contributed by atoms with van der Waals surface area (Å²) in [6, 6.07) is 0. The van der Waals surface area contributed by atoms with Crippen molar-refractivity contribution in [2.75, 3.05) is 35.2 Å². The van der Waals surface area contributed by atoms with Crippen molar-refractivity contribution in [1.82, 2.24) is 14.0 Å². The van der Waals surface area contributed by atoms with Crippen molar-refractivity contribution < 1.29 is 45.0 Å². The Hall–Kier alpha value is 2.91. The van der Waals surface area contributed by atoms with Crippen molar-refractivity contribution in [1.29, 1.82) is 0 Å². The first-order valence-electron chi connectivity index (χ1n) is 3.62. The van der Waals surface area contributed by atoms with Crippen LogP contribution < -0.4 is 0 Å². The van der Waals surface area contributed by atoms with Crippen molar-refractivity contribution >= 4 is 52.8 Å². The zero-order chi connectivity index (χ0) is 10.8. The van der Waals surface area contributed by atoms with E-state index in [1.54, 1.807) is 14.0 Å². The van der Waals surface area contributed by atoms with Crippen molar-refractivity contribution in [2.24, 2.45) is 0 Å². The smallest absolute Gasteiger partial charge is 0.258 e. The van der Waals surface area contributed by atoms with Crippen LogP contribution in [0.25, 0.3) is 0 Å². The Labute approximate surface area is 146 Å². The van der Waals surface area contributed by atoms with Crippen molar-refractivity contribution in [2.45, 2.75) is 0 Å². The van der Waals surface area contributed by atoms with Crippen molar-refractivity contribution in [3.63, 3.8) is 0 Å². The minimum Gasteiger partial charge on any atom is -0.361 e.